The normalized spacial score (nSPS) is 24.4. The highest BCUT2D eigenvalue weighted by Crippen LogP contribution is 2.52. The molecule has 0 saturated carbocycles. The molecule has 9 heteroatoms. The van der Waals surface area contributed by atoms with Crippen molar-refractivity contribution in [3.63, 3.8) is 0 Å². The zero-order chi connectivity index (χ0) is 22.2. The third-order valence-corrected chi connectivity index (χ3v) is 8.01. The number of esters is 1. The van der Waals surface area contributed by atoms with Gasteiger partial charge in [0.15, 0.2) is 6.10 Å². The maximum atomic E-state index is 12.8. The second-order valence-electron chi connectivity index (χ2n) is 8.06. The standard InChI is InChI=1S/C22H23NO6S2/c1-22(2)18(21(25)28-13-15-9-5-3-6-10-15)23-19(24)17(20(23)30-22)29-31(26,27)14-16-11-7-4-8-12-16/h3-12,17-18,20H,13-14H2,1-2H3/t17-,18+,20-/m1/s1. The topological polar surface area (TPSA) is 90.0 Å². The van der Waals surface area contributed by atoms with E-state index in [1.807, 2.05) is 44.2 Å². The first-order chi connectivity index (χ1) is 14.7. The maximum Gasteiger partial charge on any atom is 0.330 e. The van der Waals surface area contributed by atoms with E-state index in [0.717, 1.165) is 5.56 Å². The van der Waals surface area contributed by atoms with E-state index in [1.54, 1.807) is 30.3 Å². The Hall–Kier alpha value is -2.36. The number of amides is 1. The SMILES string of the molecule is CC1(C)S[C@@H]2[C@H](OS(=O)(=O)Cc3ccccc3)C(=O)N2[C@H]1C(=O)OCc1ccccc1. The van der Waals surface area contributed by atoms with Crippen LogP contribution in [0.5, 0.6) is 0 Å². The van der Waals surface area contributed by atoms with E-state index < -0.39 is 44.3 Å². The Labute approximate surface area is 185 Å². The number of fused-ring (bicyclic) bond motifs is 1. The summed E-state index contributed by atoms with van der Waals surface area (Å²) in [5, 5.41) is -0.553. The fourth-order valence-corrected chi connectivity index (χ4v) is 6.66. The molecule has 2 fully saturated rings. The largest absolute Gasteiger partial charge is 0.459 e. The lowest BCUT2D eigenvalue weighted by Gasteiger charge is -2.42. The van der Waals surface area contributed by atoms with Crippen LogP contribution in [0.25, 0.3) is 0 Å². The molecule has 2 aliphatic rings. The highest BCUT2D eigenvalue weighted by molar-refractivity contribution is 8.01. The van der Waals surface area contributed by atoms with Gasteiger partial charge < -0.3 is 9.64 Å². The summed E-state index contributed by atoms with van der Waals surface area (Å²) >= 11 is 1.35. The van der Waals surface area contributed by atoms with Crippen molar-refractivity contribution in [2.45, 2.75) is 48.5 Å². The van der Waals surface area contributed by atoms with Gasteiger partial charge in [0.1, 0.15) is 23.8 Å². The molecular weight excluding hydrogens is 438 g/mol. The van der Waals surface area contributed by atoms with Crippen LogP contribution in [-0.4, -0.2) is 47.5 Å². The van der Waals surface area contributed by atoms with Crippen molar-refractivity contribution in [3.8, 4) is 0 Å². The first-order valence-corrected chi connectivity index (χ1v) is 12.3. The van der Waals surface area contributed by atoms with Gasteiger partial charge in [0, 0.05) is 4.75 Å². The number of rotatable bonds is 7. The van der Waals surface area contributed by atoms with Gasteiger partial charge in [-0.25, -0.2) is 4.79 Å². The molecule has 31 heavy (non-hydrogen) atoms. The molecule has 0 spiro atoms. The monoisotopic (exact) mass is 461 g/mol. The number of nitrogens with zero attached hydrogens (tertiary/aromatic N) is 1. The van der Waals surface area contributed by atoms with Crippen LogP contribution in [0.2, 0.25) is 0 Å². The Morgan fingerprint density at radius 1 is 1.03 bits per heavy atom. The lowest BCUT2D eigenvalue weighted by molar-refractivity contribution is -0.170. The van der Waals surface area contributed by atoms with E-state index in [9.17, 15) is 18.0 Å². The summed E-state index contributed by atoms with van der Waals surface area (Å²) in [6.07, 6.45) is -1.13. The van der Waals surface area contributed by atoms with Gasteiger partial charge in [0.2, 0.25) is 0 Å². The van der Waals surface area contributed by atoms with Crippen molar-refractivity contribution in [1.29, 1.82) is 0 Å². The zero-order valence-electron chi connectivity index (χ0n) is 17.1. The minimum Gasteiger partial charge on any atom is -0.459 e. The summed E-state index contributed by atoms with van der Waals surface area (Å²) in [7, 11) is -3.96. The van der Waals surface area contributed by atoms with E-state index >= 15 is 0 Å². The molecular formula is C22H23NO6S2. The van der Waals surface area contributed by atoms with E-state index in [2.05, 4.69) is 0 Å². The third kappa shape index (κ3) is 4.49. The van der Waals surface area contributed by atoms with E-state index in [0.29, 0.717) is 5.56 Å². The van der Waals surface area contributed by atoms with Crippen LogP contribution in [0.3, 0.4) is 0 Å². The quantitative estimate of drug-likeness (QED) is 0.356. The molecule has 7 nitrogen and oxygen atoms in total. The predicted octanol–water partition coefficient (Wildman–Crippen LogP) is 2.71. The molecule has 4 rings (SSSR count). The molecule has 2 saturated heterocycles. The van der Waals surface area contributed by atoms with Crippen molar-refractivity contribution in [1.82, 2.24) is 4.90 Å². The summed E-state index contributed by atoms with van der Waals surface area (Å²) in [6.45, 7) is 3.79. The molecule has 2 aromatic carbocycles. The molecule has 164 valence electrons. The van der Waals surface area contributed by atoms with Crippen molar-refractivity contribution < 1.29 is 26.9 Å². The van der Waals surface area contributed by atoms with Gasteiger partial charge in [-0.15, -0.1) is 11.8 Å². The zero-order valence-corrected chi connectivity index (χ0v) is 18.8. The Morgan fingerprint density at radius 2 is 1.61 bits per heavy atom. The number of thioether (sulfide) groups is 1. The molecule has 0 radical (unpaired) electrons. The average Bonchev–Trinajstić information content (AvgIpc) is 2.99. The highest BCUT2D eigenvalue weighted by Gasteiger charge is 2.65. The summed E-state index contributed by atoms with van der Waals surface area (Å²) < 4.78 is 35.0. The molecule has 1 amide bonds. The fraction of sp³-hybridized carbons (Fsp3) is 0.364. The Kier molecular flexibility index (Phi) is 5.85. The summed E-state index contributed by atoms with van der Waals surface area (Å²) in [4.78, 5) is 27.0. The van der Waals surface area contributed by atoms with Crippen LogP contribution in [0, 0.1) is 0 Å². The van der Waals surface area contributed by atoms with Gasteiger partial charge >= 0.3 is 5.97 Å². The minimum atomic E-state index is -3.96. The lowest BCUT2D eigenvalue weighted by atomic mass is 9.97. The smallest absolute Gasteiger partial charge is 0.330 e. The van der Waals surface area contributed by atoms with Crippen molar-refractivity contribution in [3.05, 3.63) is 71.8 Å². The van der Waals surface area contributed by atoms with Gasteiger partial charge in [-0.1, -0.05) is 60.7 Å². The van der Waals surface area contributed by atoms with Gasteiger partial charge in [0.25, 0.3) is 16.0 Å². The summed E-state index contributed by atoms with van der Waals surface area (Å²) in [5.74, 6) is -1.34. The second-order valence-corrected chi connectivity index (χ2v) is 11.4. The van der Waals surface area contributed by atoms with Crippen LogP contribution in [-0.2, 0) is 41.0 Å². The van der Waals surface area contributed by atoms with Crippen molar-refractivity contribution in [2.75, 3.05) is 0 Å². The van der Waals surface area contributed by atoms with Crippen LogP contribution in [0.4, 0.5) is 0 Å². The summed E-state index contributed by atoms with van der Waals surface area (Å²) in [6, 6.07) is 17.1. The van der Waals surface area contributed by atoms with Gasteiger partial charge in [-0.3, -0.25) is 8.98 Å². The molecule has 3 atom stereocenters. The number of hydrogen-bond acceptors (Lipinski definition) is 7. The average molecular weight is 462 g/mol. The van der Waals surface area contributed by atoms with Crippen LogP contribution >= 0.6 is 11.8 Å². The number of hydrogen-bond donors (Lipinski definition) is 0. The van der Waals surface area contributed by atoms with Crippen LogP contribution < -0.4 is 0 Å². The Morgan fingerprint density at radius 3 is 2.23 bits per heavy atom. The van der Waals surface area contributed by atoms with Gasteiger partial charge in [-0.05, 0) is 25.0 Å². The first kappa shape index (κ1) is 21.9. The Bertz CT molecular complexity index is 1070. The van der Waals surface area contributed by atoms with Crippen LogP contribution in [0.1, 0.15) is 25.0 Å². The number of β-lactam (4-membered cyclic amide) rings is 1. The van der Waals surface area contributed by atoms with E-state index in [4.69, 9.17) is 8.92 Å². The summed E-state index contributed by atoms with van der Waals surface area (Å²) in [5.41, 5.74) is 1.42. The number of ether oxygens (including phenoxy) is 1. The molecule has 2 aliphatic heterocycles. The molecule has 0 aromatic heterocycles. The number of carbonyl (C=O) groups is 2. The van der Waals surface area contributed by atoms with Gasteiger partial charge in [0.05, 0.1) is 0 Å². The molecule has 2 heterocycles. The maximum absolute atomic E-state index is 12.8. The van der Waals surface area contributed by atoms with Gasteiger partial charge in [-0.2, -0.15) is 8.42 Å². The van der Waals surface area contributed by atoms with E-state index in [1.165, 1.54) is 16.7 Å². The fourth-order valence-electron chi connectivity index (χ4n) is 3.83. The predicted molar refractivity (Wildman–Crippen MR) is 116 cm³/mol. The molecule has 0 N–H and O–H groups in total. The Balaban J connectivity index is 1.43. The molecule has 0 bridgehead atoms. The number of carbonyl (C=O) groups excluding carboxylic acids is 2. The first-order valence-electron chi connectivity index (χ1n) is 9.83. The minimum absolute atomic E-state index is 0.106. The van der Waals surface area contributed by atoms with Crippen LogP contribution in [0.15, 0.2) is 60.7 Å². The molecule has 2 aromatic rings. The molecule has 0 unspecified atom stereocenters. The molecule has 0 aliphatic carbocycles. The van der Waals surface area contributed by atoms with Crippen molar-refractivity contribution >= 4 is 33.8 Å². The lowest BCUT2D eigenvalue weighted by Crippen LogP contribution is -2.66. The highest BCUT2D eigenvalue weighted by atomic mass is 32.2. The second kappa shape index (κ2) is 8.29. The third-order valence-electron chi connectivity index (χ3n) is 5.28. The number of benzene rings is 2. The van der Waals surface area contributed by atoms with Crippen molar-refractivity contribution in [2.24, 2.45) is 0 Å². The van der Waals surface area contributed by atoms with E-state index in [-0.39, 0.29) is 12.4 Å².